The van der Waals surface area contributed by atoms with Crippen molar-refractivity contribution in [2.24, 2.45) is 0 Å². The minimum Gasteiger partial charge on any atom is -0.281 e. The Kier molecular flexibility index (Phi) is 3.91. The average molecular weight is 418 g/mol. The van der Waals surface area contributed by atoms with Crippen LogP contribution >= 0.6 is 0 Å². The van der Waals surface area contributed by atoms with Gasteiger partial charge < -0.3 is 0 Å². The van der Waals surface area contributed by atoms with Crippen LogP contribution in [0.1, 0.15) is 36.2 Å². The van der Waals surface area contributed by atoms with Crippen molar-refractivity contribution in [2.45, 2.75) is 19.3 Å². The summed E-state index contributed by atoms with van der Waals surface area (Å²) in [5.41, 5.74) is 9.97. The van der Waals surface area contributed by atoms with Crippen molar-refractivity contribution < 1.29 is 9.15 Å². The highest BCUT2D eigenvalue weighted by molar-refractivity contribution is 5.85. The number of aromatic nitrogens is 3. The quantitative estimate of drug-likeness (QED) is 0.425. The smallest absolute Gasteiger partial charge is 0.281 e. The van der Waals surface area contributed by atoms with E-state index in [9.17, 15) is 0 Å². The molecule has 0 amide bonds. The maximum Gasteiger partial charge on any atom is 0.495 e. The van der Waals surface area contributed by atoms with Crippen LogP contribution in [0.3, 0.4) is 0 Å². The summed E-state index contributed by atoms with van der Waals surface area (Å²) in [7, 11) is 2.03. The number of nitrogens with zero attached hydrogens (tertiary/aromatic N) is 4. The predicted molar refractivity (Wildman–Crippen MR) is 123 cm³/mol. The zero-order valence-corrected chi connectivity index (χ0v) is 18.3. The number of hydrogen-bond acceptors (Lipinski definition) is 2. The Morgan fingerprint density at radius 2 is 1.72 bits per heavy atom. The maximum atomic E-state index is 4.53. The van der Waals surface area contributed by atoms with Crippen LogP contribution in [0.15, 0.2) is 90.6 Å². The minimum absolute atomic E-state index is 0.523. The molecule has 3 heterocycles. The normalized spacial score (nSPS) is 19.0. The molecule has 0 saturated heterocycles. The van der Waals surface area contributed by atoms with Gasteiger partial charge in [-0.05, 0) is 39.9 Å². The first-order valence-electron chi connectivity index (χ1n) is 10.7. The lowest BCUT2D eigenvalue weighted by Crippen LogP contribution is -2.29. The molecule has 4 aromatic rings. The number of hydrogen-bond donors (Lipinski definition) is 1. The van der Waals surface area contributed by atoms with Gasteiger partial charge in [-0.25, -0.2) is 0 Å². The second kappa shape index (κ2) is 6.71. The molecular weight excluding hydrogens is 394 g/mol. The predicted octanol–water partition coefficient (Wildman–Crippen LogP) is 4.89. The molecular formula is C27H23N5+2. The summed E-state index contributed by atoms with van der Waals surface area (Å²) in [5, 5.41) is 7.62. The number of nitrogens with one attached hydrogen (secondary N) is 1. The third-order valence-electron chi connectivity index (χ3n) is 6.90. The van der Waals surface area contributed by atoms with Crippen molar-refractivity contribution in [1.82, 2.24) is 15.2 Å². The van der Waals surface area contributed by atoms with Crippen molar-refractivity contribution in [1.29, 1.82) is 0 Å². The fourth-order valence-electron chi connectivity index (χ4n) is 5.17. The number of rotatable bonds is 3. The first-order valence-corrected chi connectivity index (χ1v) is 10.7. The highest BCUT2D eigenvalue weighted by atomic mass is 15.2. The van der Waals surface area contributed by atoms with Gasteiger partial charge in [0.25, 0.3) is 11.4 Å². The maximum absolute atomic E-state index is 4.53. The van der Waals surface area contributed by atoms with Crippen molar-refractivity contribution in [3.63, 3.8) is 0 Å². The van der Waals surface area contributed by atoms with Gasteiger partial charge in [-0.3, -0.25) is 10.1 Å². The Balaban J connectivity index is 1.69. The van der Waals surface area contributed by atoms with Gasteiger partial charge in [-0.2, -0.15) is 5.10 Å². The van der Waals surface area contributed by atoms with Crippen LogP contribution in [-0.4, -0.2) is 37.4 Å². The van der Waals surface area contributed by atoms with Crippen LogP contribution in [0.2, 0.25) is 0 Å². The summed E-state index contributed by atoms with van der Waals surface area (Å²) >= 11 is 0. The summed E-state index contributed by atoms with van der Waals surface area (Å²) in [6.45, 7) is 4.25. The molecule has 2 aromatic heterocycles. The second-order valence-electron chi connectivity index (χ2n) is 8.40. The Labute approximate surface area is 186 Å². The molecule has 2 aromatic carbocycles. The summed E-state index contributed by atoms with van der Waals surface area (Å²) in [6.07, 6.45) is 5.70. The van der Waals surface area contributed by atoms with E-state index in [4.69, 9.17) is 0 Å². The van der Waals surface area contributed by atoms with Crippen molar-refractivity contribution >= 4 is 11.7 Å². The molecule has 0 spiro atoms. The Hall–Kier alpha value is -4.08. The molecule has 1 aliphatic carbocycles. The van der Waals surface area contributed by atoms with Gasteiger partial charge in [0.15, 0.2) is 7.05 Å². The molecule has 5 nitrogen and oxygen atoms in total. The number of H-pyrrole nitrogens is 1. The van der Waals surface area contributed by atoms with E-state index in [-0.39, 0.29) is 0 Å². The number of benzene rings is 2. The number of aromatic amines is 1. The number of pyridine rings is 1. The molecule has 1 aliphatic heterocycles. The van der Waals surface area contributed by atoms with E-state index >= 15 is 0 Å². The lowest BCUT2D eigenvalue weighted by Gasteiger charge is -2.31. The summed E-state index contributed by atoms with van der Waals surface area (Å²) in [5.74, 6) is 0. The zero-order chi connectivity index (χ0) is 21.9. The Morgan fingerprint density at radius 1 is 0.875 bits per heavy atom. The highest BCUT2D eigenvalue weighted by Gasteiger charge is 2.48. The monoisotopic (exact) mass is 417 g/mol. The molecule has 0 radical (unpaired) electrons. The van der Waals surface area contributed by atoms with Crippen LogP contribution < -0.4 is 0 Å². The van der Waals surface area contributed by atoms with Crippen LogP contribution in [0.25, 0.3) is 11.1 Å². The lowest BCUT2D eigenvalue weighted by molar-refractivity contribution is -0.445. The SMILES string of the molecule is CC1=C(C)[N+](c2cccc(C3(c4ccn[nH]4)c4ccccc4-c4ccncc43)c2)=C=[N+]1C. The van der Waals surface area contributed by atoms with E-state index in [1.54, 1.807) is 0 Å². The topological polar surface area (TPSA) is 47.6 Å². The van der Waals surface area contributed by atoms with E-state index in [0.717, 1.165) is 16.9 Å². The molecule has 1 N–H and O–H groups in total. The molecule has 0 fully saturated rings. The second-order valence-corrected chi connectivity index (χ2v) is 8.40. The van der Waals surface area contributed by atoms with E-state index in [1.165, 1.54) is 33.6 Å². The molecule has 6 rings (SSSR count). The van der Waals surface area contributed by atoms with Crippen LogP contribution in [0, 0.1) is 0 Å². The van der Waals surface area contributed by atoms with Crippen molar-refractivity contribution in [3.05, 3.63) is 113 Å². The van der Waals surface area contributed by atoms with E-state index in [2.05, 4.69) is 100 Å². The van der Waals surface area contributed by atoms with Gasteiger partial charge in [-0.15, -0.1) is 0 Å². The highest BCUT2D eigenvalue weighted by Crippen LogP contribution is 2.55. The van der Waals surface area contributed by atoms with Crippen LogP contribution in [0.4, 0.5) is 5.69 Å². The molecule has 1 atom stereocenters. The molecule has 2 aliphatic rings. The summed E-state index contributed by atoms with van der Waals surface area (Å²) in [6, 6.07) is 25.0. The largest absolute Gasteiger partial charge is 0.495 e. The lowest BCUT2D eigenvalue weighted by atomic mass is 9.70. The van der Waals surface area contributed by atoms with E-state index in [0.29, 0.717) is 0 Å². The average Bonchev–Trinajstić information content (AvgIpc) is 3.53. The van der Waals surface area contributed by atoms with Gasteiger partial charge in [0.05, 0.1) is 11.1 Å². The molecule has 5 heteroatoms. The van der Waals surface area contributed by atoms with Gasteiger partial charge in [-0.1, -0.05) is 45.5 Å². The Bertz CT molecular complexity index is 1440. The first-order chi connectivity index (χ1) is 15.6. The number of fused-ring (bicyclic) bond motifs is 3. The van der Waals surface area contributed by atoms with E-state index < -0.39 is 5.41 Å². The first kappa shape index (κ1) is 18.7. The van der Waals surface area contributed by atoms with Crippen LogP contribution in [0.5, 0.6) is 0 Å². The number of allylic oxidation sites excluding steroid dienone is 2. The molecule has 0 saturated carbocycles. The third kappa shape index (κ3) is 2.34. The van der Waals surface area contributed by atoms with Crippen molar-refractivity contribution in [2.75, 3.05) is 7.05 Å². The molecule has 0 bridgehead atoms. The fourth-order valence-corrected chi connectivity index (χ4v) is 5.17. The van der Waals surface area contributed by atoms with E-state index in [1.807, 2.05) is 30.2 Å². The minimum atomic E-state index is -0.523. The van der Waals surface area contributed by atoms with Gasteiger partial charge in [0.2, 0.25) is 5.69 Å². The van der Waals surface area contributed by atoms with Crippen LogP contribution in [-0.2, 0) is 5.41 Å². The van der Waals surface area contributed by atoms with Crippen molar-refractivity contribution in [3.8, 4) is 11.1 Å². The fraction of sp³-hybridized carbons (Fsp3) is 0.148. The summed E-state index contributed by atoms with van der Waals surface area (Å²) in [4.78, 5) is 4.53. The van der Waals surface area contributed by atoms with Gasteiger partial charge in [0.1, 0.15) is 0 Å². The standard InChI is InChI=1S/C27H23N5/c1-18-19(2)32(17-31(18)3)21-8-6-7-20(15-21)27(26-12-14-29-30-26)24-10-5-4-9-22(24)23-11-13-28-16-25(23)27/h4-16H,1-3H3,(H,29,30)/q+2. The molecule has 1 unspecified atom stereocenters. The molecule has 32 heavy (non-hydrogen) atoms. The van der Waals surface area contributed by atoms with Gasteiger partial charge >= 0.3 is 6.01 Å². The third-order valence-corrected chi connectivity index (χ3v) is 6.90. The van der Waals surface area contributed by atoms with Gasteiger partial charge in [0, 0.05) is 44.6 Å². The molecule has 154 valence electrons. The zero-order valence-electron chi connectivity index (χ0n) is 18.3. The summed E-state index contributed by atoms with van der Waals surface area (Å²) < 4.78 is 4.17. The Morgan fingerprint density at radius 3 is 2.50 bits per heavy atom.